The zero-order valence-corrected chi connectivity index (χ0v) is 27.3. The maximum Gasteiger partial charge on any atom is 0.321 e. The van der Waals surface area contributed by atoms with E-state index in [2.05, 4.69) is 5.32 Å². The van der Waals surface area contributed by atoms with Crippen LogP contribution < -0.4 is 29.7 Å². The molecule has 0 spiro atoms. The van der Waals surface area contributed by atoms with Crippen molar-refractivity contribution in [2.75, 3.05) is 52.5 Å². The van der Waals surface area contributed by atoms with E-state index in [1.807, 2.05) is 0 Å². The van der Waals surface area contributed by atoms with Gasteiger partial charge in [0.1, 0.15) is 17.5 Å². The van der Waals surface area contributed by atoms with E-state index in [4.69, 9.17) is 18.9 Å². The van der Waals surface area contributed by atoms with Crippen LogP contribution in [-0.4, -0.2) is 98.8 Å². The fourth-order valence-electron chi connectivity index (χ4n) is 5.43. The van der Waals surface area contributed by atoms with Gasteiger partial charge in [0.25, 0.3) is 5.91 Å². The number of fused-ring (bicyclic) bond motifs is 1. The molecule has 2 aliphatic heterocycles. The molecule has 0 bridgehead atoms. The monoisotopic (exact) mass is 683 g/mol. The van der Waals surface area contributed by atoms with Crippen LogP contribution in [0.5, 0.6) is 23.0 Å². The Morgan fingerprint density at radius 2 is 1.58 bits per heavy atom. The number of urea groups is 1. The summed E-state index contributed by atoms with van der Waals surface area (Å²) in [5.74, 6) is 0.621. The number of benzene rings is 3. The Hall–Kier alpha value is -5.06. The Kier molecular flexibility index (Phi) is 10.9. The van der Waals surface area contributed by atoms with E-state index in [0.29, 0.717) is 34.2 Å². The lowest BCUT2D eigenvalue weighted by molar-refractivity contribution is -0.135. The molecule has 0 saturated carbocycles. The third-order valence-corrected chi connectivity index (χ3v) is 9.94. The van der Waals surface area contributed by atoms with Crippen LogP contribution in [0.2, 0.25) is 0 Å². The second kappa shape index (κ2) is 15.2. The molecule has 1 fully saturated rings. The number of hydroxylamine groups is 1. The maximum absolute atomic E-state index is 14.1. The smallest absolute Gasteiger partial charge is 0.321 e. The van der Waals surface area contributed by atoms with Gasteiger partial charge in [0.05, 0.1) is 19.1 Å². The fourth-order valence-corrected chi connectivity index (χ4v) is 7.03. The Labute approximate surface area is 277 Å². The van der Waals surface area contributed by atoms with E-state index < -0.39 is 22.0 Å². The van der Waals surface area contributed by atoms with Crippen molar-refractivity contribution in [3.8, 4) is 23.0 Å². The summed E-state index contributed by atoms with van der Waals surface area (Å²) in [6.45, 7) is 0.761. The Bertz CT molecular complexity index is 1730. The van der Waals surface area contributed by atoms with Crippen LogP contribution in [0.15, 0.2) is 71.6 Å². The molecule has 0 unspecified atom stereocenters. The average Bonchev–Trinajstić information content (AvgIpc) is 3.59. The molecule has 2 heterocycles. The van der Waals surface area contributed by atoms with Crippen LogP contribution >= 0.6 is 0 Å². The van der Waals surface area contributed by atoms with Crippen molar-refractivity contribution in [1.82, 2.24) is 19.6 Å². The Balaban J connectivity index is 1.29. The predicted octanol–water partition coefficient (Wildman–Crippen LogP) is 2.65. The highest BCUT2D eigenvalue weighted by atomic mass is 32.2. The molecule has 3 N–H and O–H groups in total. The SMILES string of the molecule is COc1ccc(S(=O)(=O)N(Cc2ccc3c(c2)OCO3)[C@H](CCC(=O)N2CCN(C(=O)Nc3cccc(OC)c3)CC2)C(=O)NO)cc1. The largest absolute Gasteiger partial charge is 0.497 e. The molecule has 15 nitrogen and oxygen atoms in total. The lowest BCUT2D eigenvalue weighted by Crippen LogP contribution is -2.52. The van der Waals surface area contributed by atoms with E-state index in [1.54, 1.807) is 57.7 Å². The van der Waals surface area contributed by atoms with E-state index in [9.17, 15) is 28.0 Å². The lowest BCUT2D eigenvalue weighted by Gasteiger charge is -2.35. The molecule has 1 saturated heterocycles. The van der Waals surface area contributed by atoms with E-state index in [1.165, 1.54) is 38.5 Å². The standard InChI is InChI=1S/C32H37N5O10S/c1-44-24-7-9-26(10-8-24)48(42,43)37(20-22-6-12-28-29(18-22)47-21-46-28)27(31(39)34-41)11-13-30(38)35-14-16-36(17-15-35)32(40)33-23-4-3-5-25(19-23)45-2/h3-10,12,18-19,27,41H,11,13-17,20-21H2,1-2H3,(H,33,40)(H,34,39)/t27-/m1/s1. The predicted molar refractivity (Wildman–Crippen MR) is 171 cm³/mol. The van der Waals surface area contributed by atoms with Gasteiger partial charge in [-0.1, -0.05) is 12.1 Å². The van der Waals surface area contributed by atoms with E-state index in [0.717, 1.165) is 4.31 Å². The zero-order valence-electron chi connectivity index (χ0n) is 26.5. The molecule has 16 heteroatoms. The number of sulfonamides is 1. The molecule has 3 aromatic carbocycles. The normalized spacial score (nSPS) is 14.8. The number of carbonyl (C=O) groups is 3. The van der Waals surface area contributed by atoms with Crippen LogP contribution in [0.4, 0.5) is 10.5 Å². The van der Waals surface area contributed by atoms with Crippen LogP contribution in [0.3, 0.4) is 0 Å². The van der Waals surface area contributed by atoms with Gasteiger partial charge < -0.3 is 34.1 Å². The van der Waals surface area contributed by atoms with Gasteiger partial charge in [-0.05, 0) is 60.5 Å². The molecule has 2 aliphatic rings. The number of piperazine rings is 1. The summed E-state index contributed by atoms with van der Waals surface area (Å²) in [4.78, 5) is 42.3. The van der Waals surface area contributed by atoms with Crippen LogP contribution in [-0.2, 0) is 26.2 Å². The van der Waals surface area contributed by atoms with Gasteiger partial charge >= 0.3 is 6.03 Å². The number of nitrogens with one attached hydrogen (secondary N) is 2. The summed E-state index contributed by atoms with van der Waals surface area (Å²) in [5, 5.41) is 12.5. The van der Waals surface area contributed by atoms with Crippen molar-refractivity contribution in [1.29, 1.82) is 0 Å². The first kappa shape index (κ1) is 34.3. The van der Waals surface area contributed by atoms with E-state index >= 15 is 0 Å². The molecule has 3 aromatic rings. The summed E-state index contributed by atoms with van der Waals surface area (Å²) in [5.41, 5.74) is 2.63. The maximum atomic E-state index is 14.1. The number of methoxy groups -OCH3 is 2. The molecular formula is C32H37N5O10S. The molecule has 256 valence electrons. The van der Waals surface area contributed by atoms with Gasteiger partial charge in [-0.3, -0.25) is 14.8 Å². The average molecular weight is 684 g/mol. The summed E-state index contributed by atoms with van der Waals surface area (Å²) >= 11 is 0. The summed E-state index contributed by atoms with van der Waals surface area (Å²) in [6, 6.07) is 15.7. The third kappa shape index (κ3) is 7.90. The highest BCUT2D eigenvalue weighted by Crippen LogP contribution is 2.34. The molecule has 1 atom stereocenters. The number of hydrogen-bond donors (Lipinski definition) is 3. The zero-order chi connectivity index (χ0) is 34.3. The summed E-state index contributed by atoms with van der Waals surface area (Å²) in [7, 11) is -1.38. The molecule has 0 aliphatic carbocycles. The first-order valence-corrected chi connectivity index (χ1v) is 16.5. The first-order valence-electron chi connectivity index (χ1n) is 15.1. The minimum Gasteiger partial charge on any atom is -0.497 e. The van der Waals surface area contributed by atoms with Crippen molar-refractivity contribution in [3.05, 3.63) is 72.3 Å². The number of anilines is 1. The van der Waals surface area contributed by atoms with Gasteiger partial charge in [0.15, 0.2) is 11.5 Å². The fraction of sp³-hybridized carbons (Fsp3) is 0.344. The molecule has 48 heavy (non-hydrogen) atoms. The van der Waals surface area contributed by atoms with Crippen molar-refractivity contribution in [3.63, 3.8) is 0 Å². The quantitative estimate of drug-likeness (QED) is 0.190. The topological polar surface area (TPSA) is 176 Å². The third-order valence-electron chi connectivity index (χ3n) is 8.07. The molecule has 4 amide bonds. The van der Waals surface area contributed by atoms with Crippen molar-refractivity contribution in [2.24, 2.45) is 0 Å². The van der Waals surface area contributed by atoms with Crippen LogP contribution in [0.25, 0.3) is 0 Å². The van der Waals surface area contributed by atoms with Gasteiger partial charge in [-0.25, -0.2) is 18.7 Å². The number of carbonyl (C=O) groups excluding carboxylic acids is 3. The van der Waals surface area contributed by atoms with E-state index in [-0.39, 0.29) is 69.2 Å². The van der Waals surface area contributed by atoms with Gasteiger partial charge in [0.2, 0.25) is 22.7 Å². The second-order valence-corrected chi connectivity index (χ2v) is 12.9. The minimum absolute atomic E-state index is 0.0193. The first-order chi connectivity index (χ1) is 23.1. The summed E-state index contributed by atoms with van der Waals surface area (Å²) < 4.78 is 50.2. The van der Waals surface area contributed by atoms with Crippen molar-refractivity contribution in [2.45, 2.75) is 30.3 Å². The molecule has 5 rings (SSSR count). The van der Waals surface area contributed by atoms with Crippen LogP contribution in [0.1, 0.15) is 18.4 Å². The number of amides is 4. The van der Waals surface area contributed by atoms with Gasteiger partial charge in [-0.15, -0.1) is 0 Å². The van der Waals surface area contributed by atoms with Crippen molar-refractivity contribution >= 4 is 33.6 Å². The number of nitrogens with zero attached hydrogens (tertiary/aromatic N) is 3. The summed E-state index contributed by atoms with van der Waals surface area (Å²) in [6.07, 6.45) is -0.439. The minimum atomic E-state index is -4.36. The molecule has 0 radical (unpaired) electrons. The van der Waals surface area contributed by atoms with Gasteiger partial charge in [0, 0.05) is 50.9 Å². The number of hydrogen-bond acceptors (Lipinski definition) is 10. The van der Waals surface area contributed by atoms with Gasteiger partial charge in [-0.2, -0.15) is 4.31 Å². The highest BCUT2D eigenvalue weighted by Gasteiger charge is 2.37. The molecule has 0 aromatic heterocycles. The Morgan fingerprint density at radius 3 is 2.27 bits per heavy atom. The van der Waals surface area contributed by atoms with Crippen LogP contribution in [0, 0.1) is 0 Å². The lowest BCUT2D eigenvalue weighted by atomic mass is 10.1. The Morgan fingerprint density at radius 1 is 0.896 bits per heavy atom. The number of rotatable bonds is 12. The van der Waals surface area contributed by atoms with Crippen molar-refractivity contribution < 1.29 is 47.0 Å². The highest BCUT2D eigenvalue weighted by molar-refractivity contribution is 7.89. The number of ether oxygens (including phenoxy) is 4. The second-order valence-electron chi connectivity index (χ2n) is 11.0. The molecular weight excluding hydrogens is 646 g/mol.